The van der Waals surface area contributed by atoms with Crippen molar-refractivity contribution in [3.8, 4) is 0 Å². The second-order valence-electron chi connectivity index (χ2n) is 4.17. The third-order valence-electron chi connectivity index (χ3n) is 2.67. The van der Waals surface area contributed by atoms with Crippen LogP contribution in [0.1, 0.15) is 12.5 Å². The molecule has 0 spiro atoms. The molecular formula is C15H15FN2O. The molecule has 2 aromatic carbocycles. The summed E-state index contributed by atoms with van der Waals surface area (Å²) in [5.74, 6) is -0.419. The van der Waals surface area contributed by atoms with Crippen molar-refractivity contribution in [2.24, 2.45) is 0 Å². The fourth-order valence-corrected chi connectivity index (χ4v) is 1.78. The lowest BCUT2D eigenvalue weighted by Crippen LogP contribution is -2.10. The molecule has 19 heavy (non-hydrogen) atoms. The minimum atomic E-state index is -0.292. The summed E-state index contributed by atoms with van der Waals surface area (Å²) < 4.78 is 13.5. The van der Waals surface area contributed by atoms with Gasteiger partial charge in [0.05, 0.1) is 5.69 Å². The van der Waals surface area contributed by atoms with Crippen LogP contribution in [0.4, 0.5) is 15.8 Å². The maximum Gasteiger partial charge on any atom is 0.221 e. The van der Waals surface area contributed by atoms with Crippen LogP contribution in [-0.2, 0) is 11.3 Å². The van der Waals surface area contributed by atoms with Crippen molar-refractivity contribution >= 4 is 17.3 Å². The number of halogens is 1. The van der Waals surface area contributed by atoms with E-state index in [0.29, 0.717) is 12.2 Å². The Morgan fingerprint density at radius 3 is 2.37 bits per heavy atom. The molecule has 0 unspecified atom stereocenters. The van der Waals surface area contributed by atoms with Gasteiger partial charge in [0.1, 0.15) is 5.82 Å². The second-order valence-corrected chi connectivity index (χ2v) is 4.17. The molecule has 0 aliphatic carbocycles. The average molecular weight is 258 g/mol. The summed E-state index contributed by atoms with van der Waals surface area (Å²) >= 11 is 0. The van der Waals surface area contributed by atoms with Crippen LogP contribution in [0.2, 0.25) is 0 Å². The van der Waals surface area contributed by atoms with E-state index in [1.165, 1.54) is 13.0 Å². The van der Waals surface area contributed by atoms with E-state index >= 15 is 0 Å². The van der Waals surface area contributed by atoms with Gasteiger partial charge < -0.3 is 10.6 Å². The topological polar surface area (TPSA) is 41.1 Å². The Hall–Kier alpha value is -2.36. The molecular weight excluding hydrogens is 243 g/mol. The van der Waals surface area contributed by atoms with Crippen LogP contribution in [0, 0.1) is 5.82 Å². The fraction of sp³-hybridized carbons (Fsp3) is 0.133. The van der Waals surface area contributed by atoms with E-state index in [2.05, 4.69) is 10.6 Å². The highest BCUT2D eigenvalue weighted by atomic mass is 19.1. The van der Waals surface area contributed by atoms with E-state index in [1.807, 2.05) is 24.3 Å². The van der Waals surface area contributed by atoms with Gasteiger partial charge in [0.25, 0.3) is 0 Å². The zero-order valence-corrected chi connectivity index (χ0v) is 10.6. The van der Waals surface area contributed by atoms with E-state index in [-0.39, 0.29) is 11.7 Å². The predicted molar refractivity (Wildman–Crippen MR) is 74.5 cm³/mol. The van der Waals surface area contributed by atoms with E-state index in [4.69, 9.17) is 0 Å². The lowest BCUT2D eigenvalue weighted by atomic mass is 10.1. The predicted octanol–water partition coefficient (Wildman–Crippen LogP) is 3.40. The first-order chi connectivity index (χ1) is 9.16. The maximum atomic E-state index is 13.5. The Balaban J connectivity index is 2.11. The first-order valence-corrected chi connectivity index (χ1v) is 6.00. The van der Waals surface area contributed by atoms with Crippen LogP contribution in [0.3, 0.4) is 0 Å². The normalized spacial score (nSPS) is 10.0. The molecule has 2 rings (SSSR count). The van der Waals surface area contributed by atoms with Crippen molar-refractivity contribution in [1.82, 2.24) is 0 Å². The third-order valence-corrected chi connectivity index (χ3v) is 2.67. The molecule has 0 saturated carbocycles. The van der Waals surface area contributed by atoms with Gasteiger partial charge in [-0.15, -0.1) is 0 Å². The second kappa shape index (κ2) is 6.00. The van der Waals surface area contributed by atoms with Crippen LogP contribution in [0.5, 0.6) is 0 Å². The summed E-state index contributed by atoms with van der Waals surface area (Å²) in [4.78, 5) is 11.1. The number of carbonyl (C=O) groups is 1. The van der Waals surface area contributed by atoms with Gasteiger partial charge in [0, 0.05) is 19.2 Å². The third kappa shape index (κ3) is 3.55. The van der Waals surface area contributed by atoms with Crippen LogP contribution >= 0.6 is 0 Å². The van der Waals surface area contributed by atoms with Crippen molar-refractivity contribution in [1.29, 1.82) is 0 Å². The molecule has 0 aliphatic heterocycles. The van der Waals surface area contributed by atoms with Gasteiger partial charge in [0.15, 0.2) is 0 Å². The van der Waals surface area contributed by atoms with Crippen molar-refractivity contribution < 1.29 is 9.18 Å². The number of hydrogen-bond donors (Lipinski definition) is 2. The van der Waals surface area contributed by atoms with Gasteiger partial charge >= 0.3 is 0 Å². The van der Waals surface area contributed by atoms with Gasteiger partial charge in [0.2, 0.25) is 5.91 Å². The standard InChI is InChI=1S/C15H15FN2O/c1-11(19)18-14-8-4-2-6-12(14)10-17-15-9-5-3-7-13(15)16/h2-9,17H,10H2,1H3,(H,18,19). The quantitative estimate of drug-likeness (QED) is 0.882. The van der Waals surface area contributed by atoms with Crippen molar-refractivity contribution in [2.75, 3.05) is 10.6 Å². The van der Waals surface area contributed by atoms with Gasteiger partial charge in [-0.1, -0.05) is 30.3 Å². The Morgan fingerprint density at radius 1 is 1.05 bits per heavy atom. The van der Waals surface area contributed by atoms with E-state index in [9.17, 15) is 9.18 Å². The number of anilines is 2. The van der Waals surface area contributed by atoms with Gasteiger partial charge in [-0.3, -0.25) is 4.79 Å². The van der Waals surface area contributed by atoms with Crippen LogP contribution < -0.4 is 10.6 Å². The van der Waals surface area contributed by atoms with E-state index in [1.54, 1.807) is 18.2 Å². The summed E-state index contributed by atoms with van der Waals surface area (Å²) in [7, 11) is 0. The highest BCUT2D eigenvalue weighted by molar-refractivity contribution is 5.89. The first-order valence-electron chi connectivity index (χ1n) is 6.00. The van der Waals surface area contributed by atoms with Crippen molar-refractivity contribution in [2.45, 2.75) is 13.5 Å². The summed E-state index contributed by atoms with van der Waals surface area (Å²) in [6.45, 7) is 1.90. The molecule has 4 heteroatoms. The minimum absolute atomic E-state index is 0.127. The molecule has 0 aromatic heterocycles. The first kappa shape index (κ1) is 13.1. The molecule has 0 bridgehead atoms. The summed E-state index contributed by atoms with van der Waals surface area (Å²) in [5.41, 5.74) is 2.08. The Kier molecular flexibility index (Phi) is 4.13. The molecule has 0 atom stereocenters. The van der Waals surface area contributed by atoms with Crippen LogP contribution in [-0.4, -0.2) is 5.91 Å². The van der Waals surface area contributed by atoms with Crippen molar-refractivity contribution in [3.63, 3.8) is 0 Å². The zero-order chi connectivity index (χ0) is 13.7. The fourth-order valence-electron chi connectivity index (χ4n) is 1.78. The number of carbonyl (C=O) groups excluding carboxylic acids is 1. The summed E-state index contributed by atoms with van der Waals surface area (Å²) in [5, 5.41) is 5.77. The monoisotopic (exact) mass is 258 g/mol. The number of benzene rings is 2. The van der Waals surface area contributed by atoms with Gasteiger partial charge in [-0.05, 0) is 23.8 Å². The summed E-state index contributed by atoms with van der Waals surface area (Å²) in [6, 6.07) is 13.9. The highest BCUT2D eigenvalue weighted by Crippen LogP contribution is 2.18. The summed E-state index contributed by atoms with van der Waals surface area (Å²) in [6.07, 6.45) is 0. The minimum Gasteiger partial charge on any atom is -0.379 e. The number of amides is 1. The Morgan fingerprint density at radius 2 is 1.68 bits per heavy atom. The Bertz CT molecular complexity index is 584. The molecule has 2 aromatic rings. The zero-order valence-electron chi connectivity index (χ0n) is 10.6. The number of hydrogen-bond acceptors (Lipinski definition) is 2. The molecule has 0 radical (unpaired) electrons. The molecule has 0 aliphatic rings. The number of nitrogens with one attached hydrogen (secondary N) is 2. The largest absolute Gasteiger partial charge is 0.379 e. The van der Waals surface area contributed by atoms with Crippen molar-refractivity contribution in [3.05, 3.63) is 59.9 Å². The molecule has 0 heterocycles. The van der Waals surface area contributed by atoms with Gasteiger partial charge in [-0.2, -0.15) is 0 Å². The molecule has 0 saturated heterocycles. The van der Waals surface area contributed by atoms with E-state index < -0.39 is 0 Å². The molecule has 1 amide bonds. The number of rotatable bonds is 4. The molecule has 2 N–H and O–H groups in total. The van der Waals surface area contributed by atoms with Gasteiger partial charge in [-0.25, -0.2) is 4.39 Å². The van der Waals surface area contributed by atoms with E-state index in [0.717, 1.165) is 11.3 Å². The lowest BCUT2D eigenvalue weighted by molar-refractivity contribution is -0.114. The molecule has 0 fully saturated rings. The smallest absolute Gasteiger partial charge is 0.221 e. The average Bonchev–Trinajstić information content (AvgIpc) is 2.39. The van der Waals surface area contributed by atoms with Crippen LogP contribution in [0.25, 0.3) is 0 Å². The Labute approximate surface area is 111 Å². The SMILES string of the molecule is CC(=O)Nc1ccccc1CNc1ccccc1F. The number of para-hydroxylation sites is 2. The van der Waals surface area contributed by atoms with Crippen LogP contribution in [0.15, 0.2) is 48.5 Å². The molecule has 3 nitrogen and oxygen atoms in total. The lowest BCUT2D eigenvalue weighted by Gasteiger charge is -2.12. The molecule has 98 valence electrons. The maximum absolute atomic E-state index is 13.5. The highest BCUT2D eigenvalue weighted by Gasteiger charge is 2.04.